The molecule has 0 radical (unpaired) electrons. The molecule has 0 aromatic heterocycles. The van der Waals surface area contributed by atoms with Gasteiger partial charge in [-0.3, -0.25) is 19.2 Å². The number of rotatable bonds is 40. The van der Waals surface area contributed by atoms with Gasteiger partial charge in [-0.05, 0) is 129 Å². The molecule has 1 saturated heterocycles. The maximum Gasteiger partial charge on any atom is 0.306 e. The van der Waals surface area contributed by atoms with E-state index in [9.17, 15) is 19.2 Å². The summed E-state index contributed by atoms with van der Waals surface area (Å²) >= 11 is 0. The van der Waals surface area contributed by atoms with Gasteiger partial charge in [0.05, 0.1) is 32.5 Å². The minimum absolute atomic E-state index is 0.0331. The third-order valence-electron chi connectivity index (χ3n) is 10.0. The standard InChI is InChI=1S/C48H83NO10/c1-4-7-10-13-16-19-22-38-54-44(50)31-32-45(51)55-41-26-28-43(59-47(53)30-25-37-49-35-20-21-36-49)29-27-42-56-46(52)33-34-48(57-39-23-17-14-11-8-5-2)58-40-24-18-15-12-9-6-3/h8-9,11-12,19,22,43,48H,4-7,10,13-18,20-21,23-42H2,1-3H3/b11-8-,12-9-,22-19-. The fourth-order valence-electron chi connectivity index (χ4n) is 6.57. The number of carbonyl (C=O) groups is 4. The van der Waals surface area contributed by atoms with Crippen LogP contribution in [-0.4, -0.2) is 93.8 Å². The molecular formula is C48H83NO10. The summed E-state index contributed by atoms with van der Waals surface area (Å²) in [5.74, 6) is -1.45. The summed E-state index contributed by atoms with van der Waals surface area (Å²) in [5.41, 5.74) is 0. The van der Waals surface area contributed by atoms with Crippen LogP contribution in [0.1, 0.15) is 181 Å². The van der Waals surface area contributed by atoms with Crippen molar-refractivity contribution in [2.45, 2.75) is 194 Å². The maximum absolute atomic E-state index is 12.8. The lowest BCUT2D eigenvalue weighted by Gasteiger charge is -2.19. The van der Waals surface area contributed by atoms with Crippen molar-refractivity contribution in [2.24, 2.45) is 0 Å². The van der Waals surface area contributed by atoms with Gasteiger partial charge in [-0.2, -0.15) is 0 Å². The van der Waals surface area contributed by atoms with Gasteiger partial charge in [0.15, 0.2) is 6.29 Å². The van der Waals surface area contributed by atoms with E-state index >= 15 is 0 Å². The molecule has 11 nitrogen and oxygen atoms in total. The molecular weight excluding hydrogens is 751 g/mol. The normalized spacial score (nSPS) is 13.9. The number of allylic oxidation sites excluding steroid dienone is 5. The van der Waals surface area contributed by atoms with E-state index in [4.69, 9.17) is 28.4 Å². The molecule has 11 heteroatoms. The Morgan fingerprint density at radius 3 is 1.63 bits per heavy atom. The molecule has 0 bridgehead atoms. The van der Waals surface area contributed by atoms with E-state index in [0.717, 1.165) is 90.3 Å². The van der Waals surface area contributed by atoms with Gasteiger partial charge in [0.2, 0.25) is 0 Å². The Hall–Kier alpha value is -3.02. The number of likely N-dealkylation sites (tertiary alicyclic amines) is 1. The minimum Gasteiger partial charge on any atom is -0.466 e. The maximum atomic E-state index is 12.8. The van der Waals surface area contributed by atoms with Crippen molar-refractivity contribution in [1.82, 2.24) is 4.90 Å². The summed E-state index contributed by atoms with van der Waals surface area (Å²) in [5, 5.41) is 0. The van der Waals surface area contributed by atoms with Crippen molar-refractivity contribution >= 4 is 23.9 Å². The highest BCUT2D eigenvalue weighted by Crippen LogP contribution is 2.15. The Balaban J connectivity index is 2.47. The third-order valence-corrected chi connectivity index (χ3v) is 10.0. The summed E-state index contributed by atoms with van der Waals surface area (Å²) in [6, 6.07) is 0. The van der Waals surface area contributed by atoms with Crippen LogP contribution in [0.3, 0.4) is 0 Å². The molecule has 0 spiro atoms. The summed E-state index contributed by atoms with van der Waals surface area (Å²) in [6.07, 6.45) is 31.8. The number of ether oxygens (including phenoxy) is 6. The Kier molecular flexibility index (Phi) is 37.0. The van der Waals surface area contributed by atoms with E-state index in [1.165, 1.54) is 32.1 Å². The van der Waals surface area contributed by atoms with Crippen molar-refractivity contribution < 1.29 is 47.6 Å². The van der Waals surface area contributed by atoms with E-state index in [1.807, 2.05) is 12.2 Å². The predicted octanol–water partition coefficient (Wildman–Crippen LogP) is 10.7. The van der Waals surface area contributed by atoms with Crippen LogP contribution in [0.25, 0.3) is 0 Å². The molecule has 0 N–H and O–H groups in total. The molecule has 0 aliphatic carbocycles. The van der Waals surface area contributed by atoms with Crippen LogP contribution in [0.15, 0.2) is 36.5 Å². The second kappa shape index (κ2) is 40.4. The highest BCUT2D eigenvalue weighted by atomic mass is 16.7. The van der Waals surface area contributed by atoms with Gasteiger partial charge in [-0.1, -0.05) is 76.5 Å². The van der Waals surface area contributed by atoms with Crippen LogP contribution in [0.4, 0.5) is 0 Å². The molecule has 1 rings (SSSR count). The first kappa shape index (κ1) is 54.0. The number of esters is 4. The Labute approximate surface area is 358 Å². The van der Waals surface area contributed by atoms with Gasteiger partial charge in [-0.25, -0.2) is 0 Å². The van der Waals surface area contributed by atoms with E-state index < -0.39 is 18.2 Å². The molecule has 0 amide bonds. The summed E-state index contributed by atoms with van der Waals surface area (Å²) < 4.78 is 34.1. The van der Waals surface area contributed by atoms with Crippen LogP contribution in [-0.2, 0) is 47.6 Å². The minimum atomic E-state index is -0.464. The van der Waals surface area contributed by atoms with E-state index in [0.29, 0.717) is 51.7 Å². The van der Waals surface area contributed by atoms with Gasteiger partial charge in [0.1, 0.15) is 12.7 Å². The number of unbranched alkanes of at least 4 members (excludes halogenated alkanes) is 8. The molecule has 1 atom stereocenters. The molecule has 340 valence electrons. The fourth-order valence-corrected chi connectivity index (χ4v) is 6.57. The van der Waals surface area contributed by atoms with E-state index in [2.05, 4.69) is 50.0 Å². The predicted molar refractivity (Wildman–Crippen MR) is 235 cm³/mol. The van der Waals surface area contributed by atoms with Crippen LogP contribution < -0.4 is 0 Å². The van der Waals surface area contributed by atoms with Crippen molar-refractivity contribution in [1.29, 1.82) is 0 Å². The van der Waals surface area contributed by atoms with Crippen molar-refractivity contribution in [2.75, 3.05) is 52.7 Å². The zero-order chi connectivity index (χ0) is 42.9. The van der Waals surface area contributed by atoms with Crippen LogP contribution in [0, 0.1) is 0 Å². The lowest BCUT2D eigenvalue weighted by molar-refractivity contribution is -0.159. The van der Waals surface area contributed by atoms with Crippen molar-refractivity contribution in [3.63, 3.8) is 0 Å². The lowest BCUT2D eigenvalue weighted by atomic mass is 10.1. The SMILES string of the molecule is CC/C=C\CCCCOC(CCC(=O)OCCCC(CCCOC(=O)CCC(=O)OC/C=C\CCCCCC)OC(=O)CCCN1CCCC1)OCCCC/C=C\CC. The molecule has 0 saturated carbocycles. The Morgan fingerprint density at radius 2 is 1.05 bits per heavy atom. The van der Waals surface area contributed by atoms with Gasteiger partial charge in [-0.15, -0.1) is 0 Å². The third kappa shape index (κ3) is 35.4. The molecule has 1 heterocycles. The number of hydrogen-bond acceptors (Lipinski definition) is 11. The van der Waals surface area contributed by atoms with Crippen LogP contribution in [0.2, 0.25) is 0 Å². The largest absolute Gasteiger partial charge is 0.466 e. The van der Waals surface area contributed by atoms with Crippen LogP contribution in [0.5, 0.6) is 0 Å². The van der Waals surface area contributed by atoms with Gasteiger partial charge in [0.25, 0.3) is 0 Å². The highest BCUT2D eigenvalue weighted by molar-refractivity contribution is 5.77. The molecule has 1 aliphatic rings. The first-order valence-corrected chi connectivity index (χ1v) is 23.4. The van der Waals surface area contributed by atoms with Gasteiger partial charge < -0.3 is 33.3 Å². The average Bonchev–Trinajstić information content (AvgIpc) is 3.75. The van der Waals surface area contributed by atoms with Gasteiger partial charge in [0, 0.05) is 26.1 Å². The van der Waals surface area contributed by atoms with Gasteiger partial charge >= 0.3 is 23.9 Å². The zero-order valence-electron chi connectivity index (χ0n) is 37.5. The second-order valence-electron chi connectivity index (χ2n) is 15.5. The van der Waals surface area contributed by atoms with E-state index in [1.54, 1.807) is 0 Å². The molecule has 0 aromatic rings. The molecule has 59 heavy (non-hydrogen) atoms. The quantitative estimate of drug-likeness (QED) is 0.0192. The second-order valence-corrected chi connectivity index (χ2v) is 15.5. The first-order valence-electron chi connectivity index (χ1n) is 23.4. The molecule has 1 fully saturated rings. The topological polar surface area (TPSA) is 127 Å². The Morgan fingerprint density at radius 1 is 0.508 bits per heavy atom. The Bertz CT molecular complexity index is 1110. The molecule has 1 aliphatic heterocycles. The number of carbonyl (C=O) groups excluding carboxylic acids is 4. The highest BCUT2D eigenvalue weighted by Gasteiger charge is 2.18. The smallest absolute Gasteiger partial charge is 0.306 e. The number of hydrogen-bond donors (Lipinski definition) is 0. The van der Waals surface area contributed by atoms with Crippen molar-refractivity contribution in [3.05, 3.63) is 36.5 Å². The fraction of sp³-hybridized carbons (Fsp3) is 0.792. The summed E-state index contributed by atoms with van der Waals surface area (Å²) in [6.45, 7) is 11.2. The summed E-state index contributed by atoms with van der Waals surface area (Å²) in [7, 11) is 0. The number of nitrogens with zero attached hydrogens (tertiary/aromatic N) is 1. The van der Waals surface area contributed by atoms with E-state index in [-0.39, 0.29) is 57.1 Å². The monoisotopic (exact) mass is 834 g/mol. The lowest BCUT2D eigenvalue weighted by Crippen LogP contribution is -2.23. The molecule has 0 aromatic carbocycles. The molecule has 1 unspecified atom stereocenters. The average molecular weight is 834 g/mol. The van der Waals surface area contributed by atoms with Crippen molar-refractivity contribution in [3.8, 4) is 0 Å². The zero-order valence-corrected chi connectivity index (χ0v) is 37.5. The summed E-state index contributed by atoms with van der Waals surface area (Å²) in [4.78, 5) is 52.2. The first-order chi connectivity index (χ1) is 28.9. The van der Waals surface area contributed by atoms with Crippen LogP contribution >= 0.6 is 0 Å².